The van der Waals surface area contributed by atoms with Crippen molar-refractivity contribution in [3.8, 4) is 0 Å². The van der Waals surface area contributed by atoms with Crippen molar-refractivity contribution in [2.75, 3.05) is 25.6 Å². The molecule has 82 valence electrons. The highest BCUT2D eigenvalue weighted by atomic mass is 35.5. The van der Waals surface area contributed by atoms with E-state index in [1.54, 1.807) is 0 Å². The molecule has 0 spiro atoms. The lowest BCUT2D eigenvalue weighted by molar-refractivity contribution is 0.0608. The molecule has 2 nitrogen and oxygen atoms in total. The Morgan fingerprint density at radius 3 is 2.79 bits per heavy atom. The molecule has 0 bridgehead atoms. The van der Waals surface area contributed by atoms with Crippen molar-refractivity contribution >= 4 is 11.6 Å². The fourth-order valence-corrected chi connectivity index (χ4v) is 1.81. The maximum absolute atomic E-state index is 5.70. The van der Waals surface area contributed by atoms with E-state index in [9.17, 15) is 0 Å². The second kappa shape index (κ2) is 8.27. The van der Waals surface area contributed by atoms with Crippen molar-refractivity contribution in [3.63, 3.8) is 0 Å². The number of nitrogens with one attached hydrogen (secondary N) is 1. The molecule has 0 radical (unpaired) electrons. The second-order valence-electron chi connectivity index (χ2n) is 3.61. The first-order valence-corrected chi connectivity index (χ1v) is 6.00. The van der Waals surface area contributed by atoms with Gasteiger partial charge >= 0.3 is 0 Å². The van der Waals surface area contributed by atoms with Crippen LogP contribution in [0.1, 0.15) is 25.7 Å². The van der Waals surface area contributed by atoms with Crippen molar-refractivity contribution < 1.29 is 4.74 Å². The Hall–Kier alpha value is -0.0500. The zero-order valence-corrected chi connectivity index (χ0v) is 9.43. The molecule has 0 aromatic carbocycles. The third-order valence-electron chi connectivity index (χ3n) is 2.45. The molecule has 1 fully saturated rings. The van der Waals surface area contributed by atoms with Crippen LogP contribution in [0.15, 0.2) is 12.2 Å². The first-order valence-electron chi connectivity index (χ1n) is 5.47. The number of ether oxygens (including phenoxy) is 1. The third kappa shape index (κ3) is 5.63. The highest BCUT2D eigenvalue weighted by Crippen LogP contribution is 2.20. The van der Waals surface area contributed by atoms with E-state index in [4.69, 9.17) is 16.3 Å². The predicted molar refractivity (Wildman–Crippen MR) is 60.9 cm³/mol. The number of hydrogen-bond donors (Lipinski definition) is 1. The monoisotopic (exact) mass is 217 g/mol. The molecule has 0 aromatic rings. The lowest BCUT2D eigenvalue weighted by Crippen LogP contribution is -2.22. The first-order chi connectivity index (χ1) is 6.93. The van der Waals surface area contributed by atoms with Crippen LogP contribution in [0.5, 0.6) is 0 Å². The molecule has 14 heavy (non-hydrogen) atoms. The van der Waals surface area contributed by atoms with Crippen molar-refractivity contribution in [2.24, 2.45) is 0 Å². The minimum Gasteiger partial charge on any atom is -0.377 e. The van der Waals surface area contributed by atoms with Gasteiger partial charge in [-0.25, -0.2) is 0 Å². The molecular formula is C11H20ClNO. The summed E-state index contributed by atoms with van der Waals surface area (Å²) in [6, 6.07) is 0. The summed E-state index contributed by atoms with van der Waals surface area (Å²) in [7, 11) is 0. The fraction of sp³-hybridized carbons (Fsp3) is 0.818. The largest absolute Gasteiger partial charge is 0.377 e. The van der Waals surface area contributed by atoms with E-state index in [2.05, 4.69) is 5.32 Å². The van der Waals surface area contributed by atoms with E-state index in [1.807, 2.05) is 12.2 Å². The maximum atomic E-state index is 5.70. The molecule has 0 aromatic heterocycles. The van der Waals surface area contributed by atoms with Crippen molar-refractivity contribution in [1.29, 1.82) is 0 Å². The Labute approximate surface area is 91.7 Å². The topological polar surface area (TPSA) is 21.3 Å². The minimum atomic E-state index is 0.537. The van der Waals surface area contributed by atoms with Gasteiger partial charge in [-0.2, -0.15) is 0 Å². The normalized spacial score (nSPS) is 18.4. The Morgan fingerprint density at radius 2 is 2.07 bits per heavy atom. The molecule has 0 unspecified atom stereocenters. The van der Waals surface area contributed by atoms with Gasteiger partial charge in [0, 0.05) is 19.0 Å². The molecule has 0 amide bonds. The van der Waals surface area contributed by atoms with Crippen LogP contribution in [0.25, 0.3) is 0 Å². The molecular weight excluding hydrogens is 198 g/mol. The average Bonchev–Trinajstić information content (AvgIpc) is 2.69. The summed E-state index contributed by atoms with van der Waals surface area (Å²) < 4.78 is 5.70. The molecule has 3 heteroatoms. The Morgan fingerprint density at radius 1 is 1.29 bits per heavy atom. The number of alkyl halides is 1. The van der Waals surface area contributed by atoms with Crippen LogP contribution >= 0.6 is 11.6 Å². The minimum absolute atomic E-state index is 0.537. The smallest absolute Gasteiger partial charge is 0.0594 e. The van der Waals surface area contributed by atoms with Crippen molar-refractivity contribution in [2.45, 2.75) is 31.8 Å². The lowest BCUT2D eigenvalue weighted by atomic mass is 10.3. The summed E-state index contributed by atoms with van der Waals surface area (Å²) in [4.78, 5) is 0. The number of hydrogen-bond acceptors (Lipinski definition) is 2. The summed E-state index contributed by atoms with van der Waals surface area (Å²) in [5, 5.41) is 3.27. The number of allylic oxidation sites excluding steroid dienone is 1. The summed E-state index contributed by atoms with van der Waals surface area (Å²) in [5.41, 5.74) is 0. The number of rotatable bonds is 7. The average molecular weight is 218 g/mol. The molecule has 1 saturated carbocycles. The van der Waals surface area contributed by atoms with Gasteiger partial charge in [0.2, 0.25) is 0 Å². The van der Waals surface area contributed by atoms with Gasteiger partial charge in [-0.1, -0.05) is 25.0 Å². The summed E-state index contributed by atoms with van der Waals surface area (Å²) in [5.74, 6) is 0.597. The Bertz CT molecular complexity index is 155. The van der Waals surface area contributed by atoms with Crippen molar-refractivity contribution in [1.82, 2.24) is 5.32 Å². The third-order valence-corrected chi connectivity index (χ3v) is 2.63. The molecule has 0 aliphatic heterocycles. The van der Waals surface area contributed by atoms with Gasteiger partial charge in [-0.05, 0) is 12.8 Å². The quantitative estimate of drug-likeness (QED) is 0.402. The second-order valence-corrected chi connectivity index (χ2v) is 3.92. The summed E-state index contributed by atoms with van der Waals surface area (Å²) in [6.45, 7) is 2.66. The van der Waals surface area contributed by atoms with Crippen LogP contribution in [0.3, 0.4) is 0 Å². The number of halogens is 1. The van der Waals surface area contributed by atoms with Gasteiger partial charge in [0.1, 0.15) is 0 Å². The van der Waals surface area contributed by atoms with Gasteiger partial charge in [0.05, 0.1) is 12.7 Å². The van der Waals surface area contributed by atoms with Gasteiger partial charge in [-0.3, -0.25) is 0 Å². The standard InChI is InChI=1S/C11H20ClNO/c12-7-3-4-8-13-9-10-14-11-5-1-2-6-11/h3-4,11,13H,1-2,5-10H2/b4-3+. The molecule has 1 rings (SSSR count). The van der Waals surface area contributed by atoms with Crippen LogP contribution in [0, 0.1) is 0 Å². The van der Waals surface area contributed by atoms with Crippen LogP contribution in [0.2, 0.25) is 0 Å². The summed E-state index contributed by atoms with van der Waals surface area (Å²) in [6.07, 6.45) is 9.73. The Kier molecular flexibility index (Phi) is 7.10. The highest BCUT2D eigenvalue weighted by molar-refractivity contribution is 6.18. The van der Waals surface area contributed by atoms with E-state index >= 15 is 0 Å². The lowest BCUT2D eigenvalue weighted by Gasteiger charge is -2.10. The van der Waals surface area contributed by atoms with Crippen LogP contribution < -0.4 is 5.32 Å². The molecule has 0 atom stereocenters. The zero-order chi connectivity index (χ0) is 10.1. The van der Waals surface area contributed by atoms with Gasteiger partial charge in [0.15, 0.2) is 0 Å². The predicted octanol–water partition coefficient (Wildman–Crippen LogP) is 2.33. The molecule has 0 saturated heterocycles. The fourth-order valence-electron chi connectivity index (χ4n) is 1.68. The van der Waals surface area contributed by atoms with E-state index in [1.165, 1.54) is 25.7 Å². The molecule has 1 aliphatic carbocycles. The first kappa shape index (κ1) is 12.0. The molecule has 1 N–H and O–H groups in total. The van der Waals surface area contributed by atoms with E-state index in [0.29, 0.717) is 12.0 Å². The molecule has 1 aliphatic rings. The van der Waals surface area contributed by atoms with Gasteiger partial charge < -0.3 is 10.1 Å². The van der Waals surface area contributed by atoms with Crippen LogP contribution in [0.4, 0.5) is 0 Å². The SMILES string of the molecule is ClC/C=C/CNCCOC1CCCC1. The van der Waals surface area contributed by atoms with Crippen molar-refractivity contribution in [3.05, 3.63) is 12.2 Å². The van der Waals surface area contributed by atoms with Gasteiger partial charge in [-0.15, -0.1) is 11.6 Å². The highest BCUT2D eigenvalue weighted by Gasteiger charge is 2.14. The van der Waals surface area contributed by atoms with E-state index in [-0.39, 0.29) is 0 Å². The van der Waals surface area contributed by atoms with Crippen LogP contribution in [-0.4, -0.2) is 31.7 Å². The zero-order valence-electron chi connectivity index (χ0n) is 8.68. The molecule has 0 heterocycles. The maximum Gasteiger partial charge on any atom is 0.0594 e. The van der Waals surface area contributed by atoms with E-state index < -0.39 is 0 Å². The van der Waals surface area contributed by atoms with Crippen LogP contribution in [-0.2, 0) is 4.74 Å². The Balaban J connectivity index is 1.81. The summed E-state index contributed by atoms with van der Waals surface area (Å²) >= 11 is 5.49. The van der Waals surface area contributed by atoms with E-state index in [0.717, 1.165) is 19.7 Å². The van der Waals surface area contributed by atoms with Gasteiger partial charge in [0.25, 0.3) is 0 Å².